The van der Waals surface area contributed by atoms with Crippen LogP contribution in [0.15, 0.2) is 10.7 Å². The molecule has 2 heterocycles. The van der Waals surface area contributed by atoms with Gasteiger partial charge in [0.1, 0.15) is 6.26 Å². The van der Waals surface area contributed by atoms with Crippen LogP contribution >= 0.6 is 0 Å². The third-order valence-electron chi connectivity index (χ3n) is 2.79. The average Bonchev–Trinajstić information content (AvgIpc) is 2.78. The van der Waals surface area contributed by atoms with Gasteiger partial charge in [-0.3, -0.25) is 0 Å². The molecule has 5 heteroatoms. The van der Waals surface area contributed by atoms with E-state index in [2.05, 4.69) is 9.88 Å². The topological polar surface area (TPSA) is 64.5 Å². The van der Waals surface area contributed by atoms with Crippen molar-refractivity contribution in [2.24, 2.45) is 5.73 Å². The van der Waals surface area contributed by atoms with Gasteiger partial charge in [-0.1, -0.05) is 0 Å². The molecule has 15 heavy (non-hydrogen) atoms. The molecule has 1 aliphatic heterocycles. The summed E-state index contributed by atoms with van der Waals surface area (Å²) in [4.78, 5) is 6.43. The maximum absolute atomic E-state index is 5.48. The maximum Gasteiger partial charge on any atom is 0.297 e. The molecule has 5 nitrogen and oxygen atoms in total. The SMILES string of the molecule is COC1CCN(c2nc(CN)co2)CC1. The van der Waals surface area contributed by atoms with Crippen molar-refractivity contribution in [3.8, 4) is 0 Å². The van der Waals surface area contributed by atoms with E-state index in [1.807, 2.05) is 0 Å². The Bertz CT molecular complexity index is 305. The molecule has 1 aromatic rings. The Kier molecular flexibility index (Phi) is 3.23. The van der Waals surface area contributed by atoms with E-state index in [1.165, 1.54) is 0 Å². The number of rotatable bonds is 3. The molecule has 0 amide bonds. The van der Waals surface area contributed by atoms with Crippen molar-refractivity contribution in [3.63, 3.8) is 0 Å². The predicted molar refractivity (Wildman–Crippen MR) is 56.6 cm³/mol. The molecule has 2 N–H and O–H groups in total. The van der Waals surface area contributed by atoms with Gasteiger partial charge in [0.15, 0.2) is 0 Å². The molecule has 0 atom stereocenters. The van der Waals surface area contributed by atoms with E-state index >= 15 is 0 Å². The largest absolute Gasteiger partial charge is 0.432 e. The fourth-order valence-corrected chi connectivity index (χ4v) is 1.82. The number of piperidine rings is 1. The summed E-state index contributed by atoms with van der Waals surface area (Å²) in [6.07, 6.45) is 4.05. The van der Waals surface area contributed by atoms with Crippen LogP contribution in [0.1, 0.15) is 18.5 Å². The minimum atomic E-state index is 0.380. The van der Waals surface area contributed by atoms with Crippen molar-refractivity contribution >= 4 is 6.01 Å². The molecule has 0 unspecified atom stereocenters. The van der Waals surface area contributed by atoms with Crippen molar-refractivity contribution in [2.75, 3.05) is 25.1 Å². The first-order valence-corrected chi connectivity index (χ1v) is 5.25. The molecule has 0 bridgehead atoms. The second-order valence-electron chi connectivity index (χ2n) is 3.75. The van der Waals surface area contributed by atoms with Gasteiger partial charge >= 0.3 is 0 Å². The number of methoxy groups -OCH3 is 1. The molecular formula is C10H17N3O2. The molecule has 1 saturated heterocycles. The van der Waals surface area contributed by atoms with E-state index in [4.69, 9.17) is 14.9 Å². The highest BCUT2D eigenvalue weighted by atomic mass is 16.5. The Balaban J connectivity index is 1.95. The van der Waals surface area contributed by atoms with Gasteiger partial charge in [-0.15, -0.1) is 0 Å². The number of hydrogen-bond acceptors (Lipinski definition) is 5. The van der Waals surface area contributed by atoms with Crippen LogP contribution in [-0.2, 0) is 11.3 Å². The number of oxazole rings is 1. The molecular weight excluding hydrogens is 194 g/mol. The van der Waals surface area contributed by atoms with E-state index < -0.39 is 0 Å². The highest BCUT2D eigenvalue weighted by Gasteiger charge is 2.21. The lowest BCUT2D eigenvalue weighted by Gasteiger charge is -2.29. The Labute approximate surface area is 89.2 Å². The van der Waals surface area contributed by atoms with E-state index in [0.717, 1.165) is 31.6 Å². The summed E-state index contributed by atoms with van der Waals surface area (Å²) < 4.78 is 10.7. The fourth-order valence-electron chi connectivity index (χ4n) is 1.82. The summed E-state index contributed by atoms with van der Waals surface area (Å²) in [5.74, 6) is 0. The van der Waals surface area contributed by atoms with Crippen LogP contribution in [0.25, 0.3) is 0 Å². The number of nitrogens with zero attached hydrogens (tertiary/aromatic N) is 2. The van der Waals surface area contributed by atoms with Crippen LogP contribution in [0.5, 0.6) is 0 Å². The van der Waals surface area contributed by atoms with Gasteiger partial charge < -0.3 is 19.8 Å². The molecule has 0 saturated carbocycles. The second kappa shape index (κ2) is 4.63. The lowest BCUT2D eigenvalue weighted by atomic mass is 10.1. The van der Waals surface area contributed by atoms with E-state index in [0.29, 0.717) is 18.7 Å². The van der Waals surface area contributed by atoms with Crippen molar-refractivity contribution in [2.45, 2.75) is 25.5 Å². The van der Waals surface area contributed by atoms with Gasteiger partial charge in [-0.2, -0.15) is 4.98 Å². The van der Waals surface area contributed by atoms with E-state index in [9.17, 15) is 0 Å². The smallest absolute Gasteiger partial charge is 0.297 e. The zero-order valence-electron chi connectivity index (χ0n) is 8.98. The van der Waals surface area contributed by atoms with Gasteiger partial charge in [-0.25, -0.2) is 0 Å². The van der Waals surface area contributed by atoms with Gasteiger partial charge in [-0.05, 0) is 12.8 Å². The van der Waals surface area contributed by atoms with Crippen LogP contribution < -0.4 is 10.6 Å². The summed E-state index contributed by atoms with van der Waals surface area (Å²) in [6, 6.07) is 0.685. The Morgan fingerprint density at radius 1 is 1.60 bits per heavy atom. The summed E-state index contributed by atoms with van der Waals surface area (Å²) in [7, 11) is 1.76. The first kappa shape index (κ1) is 10.4. The van der Waals surface area contributed by atoms with Crippen LogP contribution in [-0.4, -0.2) is 31.3 Å². The number of hydrogen-bond donors (Lipinski definition) is 1. The molecule has 2 rings (SSSR count). The monoisotopic (exact) mass is 211 g/mol. The van der Waals surface area contributed by atoms with Crippen LogP contribution in [0, 0.1) is 0 Å². The number of nitrogens with two attached hydrogens (primary N) is 1. The number of anilines is 1. The lowest BCUT2D eigenvalue weighted by Crippen LogP contribution is -2.36. The standard InChI is InChI=1S/C10H17N3O2/c1-14-9-2-4-13(5-3-9)10-12-8(6-11)7-15-10/h7,9H,2-6,11H2,1H3. The molecule has 1 aromatic heterocycles. The van der Waals surface area contributed by atoms with Crippen LogP contribution in [0.3, 0.4) is 0 Å². The van der Waals surface area contributed by atoms with Crippen molar-refractivity contribution in [1.82, 2.24) is 4.98 Å². The average molecular weight is 211 g/mol. The normalized spacial score (nSPS) is 18.4. The van der Waals surface area contributed by atoms with Crippen molar-refractivity contribution in [1.29, 1.82) is 0 Å². The van der Waals surface area contributed by atoms with Crippen LogP contribution in [0.4, 0.5) is 6.01 Å². The van der Waals surface area contributed by atoms with Gasteiger partial charge in [0.25, 0.3) is 6.01 Å². The third kappa shape index (κ3) is 2.30. The lowest BCUT2D eigenvalue weighted by molar-refractivity contribution is 0.0811. The molecule has 0 aliphatic carbocycles. The third-order valence-corrected chi connectivity index (χ3v) is 2.79. The Morgan fingerprint density at radius 3 is 2.87 bits per heavy atom. The Hall–Kier alpha value is -1.07. The molecule has 0 aromatic carbocycles. The zero-order valence-corrected chi connectivity index (χ0v) is 8.98. The minimum absolute atomic E-state index is 0.380. The number of ether oxygens (including phenoxy) is 1. The summed E-state index contributed by atoms with van der Waals surface area (Å²) in [5, 5.41) is 0. The maximum atomic E-state index is 5.48. The van der Waals surface area contributed by atoms with Gasteiger partial charge in [0, 0.05) is 26.7 Å². The minimum Gasteiger partial charge on any atom is -0.432 e. The first-order valence-electron chi connectivity index (χ1n) is 5.25. The van der Waals surface area contributed by atoms with E-state index in [-0.39, 0.29) is 0 Å². The highest BCUT2D eigenvalue weighted by molar-refractivity contribution is 5.27. The van der Waals surface area contributed by atoms with Crippen molar-refractivity contribution in [3.05, 3.63) is 12.0 Å². The highest BCUT2D eigenvalue weighted by Crippen LogP contribution is 2.20. The predicted octanol–water partition coefficient (Wildman–Crippen LogP) is 0.748. The Morgan fingerprint density at radius 2 is 2.33 bits per heavy atom. The quantitative estimate of drug-likeness (QED) is 0.799. The van der Waals surface area contributed by atoms with Gasteiger partial charge in [0.05, 0.1) is 11.8 Å². The molecule has 84 valence electrons. The fraction of sp³-hybridized carbons (Fsp3) is 0.700. The second-order valence-corrected chi connectivity index (χ2v) is 3.75. The summed E-state index contributed by atoms with van der Waals surface area (Å²) in [5.41, 5.74) is 6.28. The van der Waals surface area contributed by atoms with Crippen molar-refractivity contribution < 1.29 is 9.15 Å². The molecule has 1 fully saturated rings. The summed E-state index contributed by atoms with van der Waals surface area (Å²) in [6.45, 7) is 2.30. The number of aromatic nitrogens is 1. The zero-order chi connectivity index (χ0) is 10.7. The molecule has 0 radical (unpaired) electrons. The molecule has 1 aliphatic rings. The molecule has 0 spiro atoms. The first-order chi connectivity index (χ1) is 7.33. The van der Waals surface area contributed by atoms with Gasteiger partial charge in [0.2, 0.25) is 0 Å². The summed E-state index contributed by atoms with van der Waals surface area (Å²) >= 11 is 0. The van der Waals surface area contributed by atoms with Crippen LogP contribution in [0.2, 0.25) is 0 Å². The van der Waals surface area contributed by atoms with E-state index in [1.54, 1.807) is 13.4 Å².